The van der Waals surface area contributed by atoms with Crippen molar-refractivity contribution < 1.29 is 14.3 Å². The van der Waals surface area contributed by atoms with Gasteiger partial charge in [0.05, 0.1) is 25.2 Å². The van der Waals surface area contributed by atoms with Crippen LogP contribution in [0, 0.1) is 0 Å². The zero-order chi connectivity index (χ0) is 13.5. The molecule has 0 amide bonds. The Morgan fingerprint density at radius 3 is 2.44 bits per heavy atom. The van der Waals surface area contributed by atoms with Crippen LogP contribution in [0.3, 0.4) is 0 Å². The van der Waals surface area contributed by atoms with E-state index in [0.29, 0.717) is 19.1 Å². The second-order valence-corrected chi connectivity index (χ2v) is 4.86. The summed E-state index contributed by atoms with van der Waals surface area (Å²) in [6.45, 7) is 10.5. The molecule has 106 valence electrons. The summed E-state index contributed by atoms with van der Waals surface area (Å²) in [5.74, 6) is -0.113. The molecular weight excluding hydrogens is 230 g/mol. The van der Waals surface area contributed by atoms with E-state index in [-0.39, 0.29) is 18.1 Å². The number of carbonyl (C=O) groups excluding carboxylic acids is 1. The Morgan fingerprint density at radius 2 is 2.00 bits per heavy atom. The quantitative estimate of drug-likeness (QED) is 0.656. The van der Waals surface area contributed by atoms with Crippen LogP contribution >= 0.6 is 0 Å². The number of likely N-dealkylation sites (N-methyl/N-ethyl adjacent to an activating group) is 1. The molecule has 0 radical (unpaired) electrons. The first-order chi connectivity index (χ1) is 8.62. The van der Waals surface area contributed by atoms with Gasteiger partial charge in [0.25, 0.3) is 0 Å². The van der Waals surface area contributed by atoms with Gasteiger partial charge in [-0.3, -0.25) is 9.69 Å². The summed E-state index contributed by atoms with van der Waals surface area (Å²) in [6.07, 6.45) is 3.06. The molecule has 1 heterocycles. The lowest BCUT2D eigenvalue weighted by molar-refractivity contribution is -0.146. The van der Waals surface area contributed by atoms with E-state index in [1.54, 1.807) is 0 Å². The second kappa shape index (κ2) is 7.74. The van der Waals surface area contributed by atoms with Crippen molar-refractivity contribution in [3.63, 3.8) is 0 Å². The number of hydrogen-bond acceptors (Lipinski definition) is 4. The minimum absolute atomic E-state index is 0.113. The van der Waals surface area contributed by atoms with Gasteiger partial charge in [0.1, 0.15) is 0 Å². The van der Waals surface area contributed by atoms with Gasteiger partial charge in [0.2, 0.25) is 0 Å². The van der Waals surface area contributed by atoms with E-state index in [1.807, 2.05) is 6.92 Å². The van der Waals surface area contributed by atoms with Crippen molar-refractivity contribution >= 4 is 5.97 Å². The lowest BCUT2D eigenvalue weighted by Gasteiger charge is -2.33. The zero-order valence-corrected chi connectivity index (χ0v) is 12.1. The van der Waals surface area contributed by atoms with Gasteiger partial charge in [-0.15, -0.1) is 0 Å². The number of nitrogens with zero attached hydrogens (tertiary/aromatic N) is 1. The molecule has 0 aliphatic carbocycles. The monoisotopic (exact) mass is 257 g/mol. The van der Waals surface area contributed by atoms with E-state index in [1.165, 1.54) is 0 Å². The van der Waals surface area contributed by atoms with Crippen molar-refractivity contribution in [3.8, 4) is 0 Å². The van der Waals surface area contributed by atoms with E-state index in [4.69, 9.17) is 9.47 Å². The highest BCUT2D eigenvalue weighted by Crippen LogP contribution is 2.26. The molecule has 0 bridgehead atoms. The van der Waals surface area contributed by atoms with Gasteiger partial charge in [-0.2, -0.15) is 0 Å². The Morgan fingerprint density at radius 1 is 1.33 bits per heavy atom. The minimum atomic E-state index is -0.113. The number of rotatable bonds is 7. The molecule has 0 aromatic rings. The molecule has 0 saturated carbocycles. The van der Waals surface area contributed by atoms with Crippen molar-refractivity contribution in [1.29, 1.82) is 0 Å². The third-order valence-corrected chi connectivity index (χ3v) is 3.66. The first kappa shape index (κ1) is 15.4. The molecule has 1 rings (SSSR count). The predicted octanol–water partition coefficient (Wildman–Crippen LogP) is 2.22. The summed E-state index contributed by atoms with van der Waals surface area (Å²) in [5.41, 5.74) is 0. The number of ether oxygens (including phenoxy) is 2. The molecule has 3 atom stereocenters. The van der Waals surface area contributed by atoms with Crippen molar-refractivity contribution in [2.24, 2.45) is 0 Å². The van der Waals surface area contributed by atoms with Gasteiger partial charge in [-0.25, -0.2) is 0 Å². The summed E-state index contributed by atoms with van der Waals surface area (Å²) in [7, 11) is 0. The fourth-order valence-corrected chi connectivity index (χ4v) is 2.70. The zero-order valence-electron chi connectivity index (χ0n) is 12.1. The number of esters is 1. The molecule has 1 aliphatic rings. The van der Waals surface area contributed by atoms with E-state index in [9.17, 15) is 4.79 Å². The van der Waals surface area contributed by atoms with Crippen LogP contribution in [0.15, 0.2) is 0 Å². The molecule has 1 fully saturated rings. The van der Waals surface area contributed by atoms with Gasteiger partial charge in [0.15, 0.2) is 0 Å². The van der Waals surface area contributed by atoms with Crippen LogP contribution in [0.25, 0.3) is 0 Å². The van der Waals surface area contributed by atoms with Crippen LogP contribution < -0.4 is 0 Å². The van der Waals surface area contributed by atoms with Gasteiger partial charge >= 0.3 is 5.97 Å². The number of hydrogen-bond donors (Lipinski definition) is 0. The first-order valence-corrected chi connectivity index (χ1v) is 7.17. The Hall–Kier alpha value is -0.610. The van der Waals surface area contributed by atoms with Crippen LogP contribution in [-0.2, 0) is 14.3 Å². The third-order valence-electron chi connectivity index (χ3n) is 3.66. The largest absolute Gasteiger partial charge is 0.466 e. The van der Waals surface area contributed by atoms with Crippen LogP contribution in [-0.4, -0.2) is 48.8 Å². The molecule has 1 aliphatic heterocycles. The molecule has 3 unspecified atom stereocenters. The summed E-state index contributed by atoms with van der Waals surface area (Å²) in [5, 5.41) is 0. The molecule has 1 saturated heterocycles. The number of carbonyl (C=O) groups is 1. The van der Waals surface area contributed by atoms with Crippen LogP contribution in [0.1, 0.15) is 47.0 Å². The Balaban J connectivity index is 2.65. The maximum atomic E-state index is 11.7. The van der Waals surface area contributed by atoms with E-state index in [2.05, 4.69) is 25.7 Å². The van der Waals surface area contributed by atoms with E-state index >= 15 is 0 Å². The summed E-state index contributed by atoms with van der Waals surface area (Å²) < 4.78 is 11.0. The summed E-state index contributed by atoms with van der Waals surface area (Å²) >= 11 is 0. The van der Waals surface area contributed by atoms with E-state index in [0.717, 1.165) is 25.9 Å². The SMILES string of the molecule is CCOC(=O)CC(C1CCC(C)O1)N(CC)CC. The van der Waals surface area contributed by atoms with Crippen molar-refractivity contribution in [3.05, 3.63) is 0 Å². The van der Waals surface area contributed by atoms with Crippen molar-refractivity contribution in [1.82, 2.24) is 4.90 Å². The smallest absolute Gasteiger partial charge is 0.307 e. The Labute approximate surface area is 111 Å². The fraction of sp³-hybridized carbons (Fsp3) is 0.929. The molecule has 0 aromatic heterocycles. The molecule has 0 spiro atoms. The van der Waals surface area contributed by atoms with Gasteiger partial charge in [0, 0.05) is 6.04 Å². The lowest BCUT2D eigenvalue weighted by atomic mass is 10.0. The second-order valence-electron chi connectivity index (χ2n) is 4.86. The van der Waals surface area contributed by atoms with Gasteiger partial charge < -0.3 is 9.47 Å². The highest BCUT2D eigenvalue weighted by atomic mass is 16.5. The Bertz CT molecular complexity index is 253. The molecular formula is C14H27NO3. The molecule has 4 nitrogen and oxygen atoms in total. The maximum Gasteiger partial charge on any atom is 0.307 e. The molecule has 0 aromatic carbocycles. The van der Waals surface area contributed by atoms with Crippen molar-refractivity contribution in [2.45, 2.75) is 65.2 Å². The fourth-order valence-electron chi connectivity index (χ4n) is 2.70. The van der Waals surface area contributed by atoms with E-state index < -0.39 is 0 Å². The van der Waals surface area contributed by atoms with Crippen molar-refractivity contribution in [2.75, 3.05) is 19.7 Å². The predicted molar refractivity (Wildman–Crippen MR) is 71.5 cm³/mol. The van der Waals surface area contributed by atoms with Crippen LogP contribution in [0.2, 0.25) is 0 Å². The molecule has 0 N–H and O–H groups in total. The lowest BCUT2D eigenvalue weighted by Crippen LogP contribution is -2.45. The summed E-state index contributed by atoms with van der Waals surface area (Å²) in [4.78, 5) is 14.0. The maximum absolute atomic E-state index is 11.7. The highest BCUT2D eigenvalue weighted by Gasteiger charge is 2.34. The minimum Gasteiger partial charge on any atom is -0.466 e. The van der Waals surface area contributed by atoms with Gasteiger partial charge in [-0.05, 0) is 39.8 Å². The molecule has 4 heteroatoms. The topological polar surface area (TPSA) is 38.8 Å². The average molecular weight is 257 g/mol. The first-order valence-electron chi connectivity index (χ1n) is 7.17. The van der Waals surface area contributed by atoms with Crippen LogP contribution in [0.4, 0.5) is 0 Å². The van der Waals surface area contributed by atoms with Gasteiger partial charge in [-0.1, -0.05) is 13.8 Å². The Kier molecular flexibility index (Phi) is 6.65. The third kappa shape index (κ3) is 4.25. The summed E-state index contributed by atoms with van der Waals surface area (Å²) in [6, 6.07) is 0.156. The molecule has 18 heavy (non-hydrogen) atoms. The normalized spacial score (nSPS) is 25.4. The highest BCUT2D eigenvalue weighted by molar-refractivity contribution is 5.70. The average Bonchev–Trinajstić information content (AvgIpc) is 2.76. The van der Waals surface area contributed by atoms with Crippen LogP contribution in [0.5, 0.6) is 0 Å². The standard InChI is InChI=1S/C14H27NO3/c1-5-15(6-2)12(10-14(16)17-7-3)13-9-8-11(4)18-13/h11-13H,5-10H2,1-4H3.